The van der Waals surface area contributed by atoms with E-state index in [0.717, 1.165) is 16.2 Å². The Hall–Kier alpha value is -4.51. The maximum atomic E-state index is 12.7. The predicted molar refractivity (Wildman–Crippen MR) is 125 cm³/mol. The summed E-state index contributed by atoms with van der Waals surface area (Å²) in [5.41, 5.74) is 6.55. The van der Waals surface area contributed by atoms with Crippen molar-refractivity contribution < 1.29 is 33.4 Å². The van der Waals surface area contributed by atoms with E-state index in [1.807, 2.05) is 0 Å². The van der Waals surface area contributed by atoms with Gasteiger partial charge in [0.2, 0.25) is 0 Å². The number of hydrogen-bond acceptors (Lipinski definition) is 8. The Morgan fingerprint density at radius 2 is 1.69 bits per heavy atom. The molecule has 1 aliphatic heterocycles. The summed E-state index contributed by atoms with van der Waals surface area (Å²) in [6.45, 7) is -0.688. The van der Waals surface area contributed by atoms with E-state index in [-0.39, 0.29) is 28.4 Å². The first-order valence-electron chi connectivity index (χ1n) is 10.3. The van der Waals surface area contributed by atoms with Crippen LogP contribution in [0.2, 0.25) is 0 Å². The molecule has 4 amide bonds. The van der Waals surface area contributed by atoms with Gasteiger partial charge in [0.05, 0.1) is 30.3 Å². The fourth-order valence-electron chi connectivity index (χ4n) is 3.55. The topological polar surface area (TPSA) is 145 Å². The third-order valence-corrected chi connectivity index (χ3v) is 6.05. The molecule has 3 N–H and O–H groups in total. The number of nitrogens with zero attached hydrogens (tertiary/aromatic N) is 1. The Kier molecular flexibility index (Phi) is 6.60. The Morgan fingerprint density at radius 1 is 1.00 bits per heavy atom. The molecule has 35 heavy (non-hydrogen) atoms. The van der Waals surface area contributed by atoms with Gasteiger partial charge >= 0.3 is 5.97 Å². The summed E-state index contributed by atoms with van der Waals surface area (Å²) >= 11 is 1.10. The van der Waals surface area contributed by atoms with Crippen LogP contribution in [0.3, 0.4) is 0 Å². The second kappa shape index (κ2) is 9.77. The Bertz CT molecular complexity index is 1330. The number of thiophene rings is 1. The number of ether oxygens (including phenoxy) is 2. The van der Waals surface area contributed by atoms with E-state index in [9.17, 15) is 24.0 Å². The lowest BCUT2D eigenvalue weighted by molar-refractivity contribution is -0.119. The Labute approximate surface area is 203 Å². The van der Waals surface area contributed by atoms with Crippen molar-refractivity contribution in [1.82, 2.24) is 4.90 Å². The first-order chi connectivity index (χ1) is 16.8. The fraction of sp³-hybridized carbons (Fsp3) is 0.125. The van der Waals surface area contributed by atoms with Gasteiger partial charge in [0.1, 0.15) is 16.3 Å². The standard InChI is InChI=1S/C24H19N3O7S/c1-33-18-7-6-13(11-27-22(30)14-4-2-3-5-15(14)23(27)31)10-17(18)24(32)34-12-19(28)26-21-16(20(25)29)8-9-35-21/h2-10H,11-12H2,1H3,(H2,25,29)(H,26,28). The minimum absolute atomic E-state index is 0.0170. The minimum atomic E-state index is -0.845. The molecule has 0 saturated carbocycles. The highest BCUT2D eigenvalue weighted by Crippen LogP contribution is 2.27. The van der Waals surface area contributed by atoms with Crippen LogP contribution in [0.1, 0.15) is 47.0 Å². The van der Waals surface area contributed by atoms with Crippen LogP contribution in [0.25, 0.3) is 0 Å². The van der Waals surface area contributed by atoms with Crippen molar-refractivity contribution in [1.29, 1.82) is 0 Å². The molecule has 11 heteroatoms. The summed E-state index contributed by atoms with van der Waals surface area (Å²) in [6.07, 6.45) is 0. The summed E-state index contributed by atoms with van der Waals surface area (Å²) in [4.78, 5) is 62.7. The third-order valence-electron chi connectivity index (χ3n) is 5.22. The molecule has 1 aliphatic rings. The molecule has 0 aliphatic carbocycles. The van der Waals surface area contributed by atoms with Crippen LogP contribution >= 0.6 is 11.3 Å². The molecule has 0 saturated heterocycles. The van der Waals surface area contributed by atoms with Crippen molar-refractivity contribution >= 4 is 45.9 Å². The number of carbonyl (C=O) groups is 5. The quantitative estimate of drug-likeness (QED) is 0.362. The molecule has 3 aromatic rings. The third kappa shape index (κ3) is 4.75. The number of benzene rings is 2. The van der Waals surface area contributed by atoms with E-state index in [4.69, 9.17) is 15.2 Å². The van der Waals surface area contributed by atoms with Gasteiger partial charge < -0.3 is 20.5 Å². The average Bonchev–Trinajstić information content (AvgIpc) is 3.41. The Morgan fingerprint density at radius 3 is 2.31 bits per heavy atom. The number of fused-ring (bicyclic) bond motifs is 1. The SMILES string of the molecule is COc1ccc(CN2C(=O)c3ccccc3C2=O)cc1C(=O)OCC(=O)Nc1sccc1C(N)=O. The number of amides is 4. The number of esters is 1. The predicted octanol–water partition coefficient (Wildman–Crippen LogP) is 2.45. The van der Waals surface area contributed by atoms with E-state index in [1.165, 1.54) is 25.3 Å². The summed E-state index contributed by atoms with van der Waals surface area (Å²) < 4.78 is 10.3. The maximum Gasteiger partial charge on any atom is 0.342 e. The van der Waals surface area contributed by atoms with E-state index in [2.05, 4.69) is 5.32 Å². The molecule has 1 aromatic heterocycles. The van der Waals surface area contributed by atoms with Crippen LogP contribution in [0.4, 0.5) is 5.00 Å². The highest BCUT2D eigenvalue weighted by molar-refractivity contribution is 7.14. The lowest BCUT2D eigenvalue weighted by Crippen LogP contribution is -2.29. The summed E-state index contributed by atoms with van der Waals surface area (Å²) in [5, 5.41) is 4.31. The molecule has 4 rings (SSSR count). The maximum absolute atomic E-state index is 12.7. The van der Waals surface area contributed by atoms with E-state index < -0.39 is 36.2 Å². The highest BCUT2D eigenvalue weighted by atomic mass is 32.1. The molecule has 2 aromatic carbocycles. The highest BCUT2D eigenvalue weighted by Gasteiger charge is 2.35. The number of nitrogens with one attached hydrogen (secondary N) is 1. The molecule has 0 bridgehead atoms. The minimum Gasteiger partial charge on any atom is -0.496 e. The largest absolute Gasteiger partial charge is 0.496 e. The summed E-state index contributed by atoms with van der Waals surface area (Å²) in [7, 11) is 1.37. The lowest BCUT2D eigenvalue weighted by atomic mass is 10.1. The second-order valence-corrected chi connectivity index (χ2v) is 8.34. The van der Waals surface area contributed by atoms with Gasteiger partial charge in [-0.2, -0.15) is 0 Å². The summed E-state index contributed by atoms with van der Waals surface area (Å²) in [6, 6.07) is 12.6. The average molecular weight is 493 g/mol. The fourth-order valence-corrected chi connectivity index (χ4v) is 4.36. The van der Waals surface area contributed by atoms with Crippen molar-refractivity contribution in [3.8, 4) is 5.75 Å². The molecule has 0 unspecified atom stereocenters. The number of rotatable bonds is 8. The van der Waals surface area contributed by atoms with Crippen molar-refractivity contribution in [3.63, 3.8) is 0 Å². The van der Waals surface area contributed by atoms with Crippen molar-refractivity contribution in [2.24, 2.45) is 5.73 Å². The van der Waals surface area contributed by atoms with Gasteiger partial charge in [0.25, 0.3) is 23.6 Å². The molecule has 178 valence electrons. The van der Waals surface area contributed by atoms with E-state index in [1.54, 1.807) is 35.7 Å². The Balaban J connectivity index is 1.45. The zero-order chi connectivity index (χ0) is 25.1. The van der Waals surface area contributed by atoms with E-state index in [0.29, 0.717) is 16.7 Å². The molecular weight excluding hydrogens is 474 g/mol. The van der Waals surface area contributed by atoms with Gasteiger partial charge in [-0.3, -0.25) is 24.1 Å². The van der Waals surface area contributed by atoms with Gasteiger partial charge in [0, 0.05) is 0 Å². The first-order valence-corrected chi connectivity index (χ1v) is 11.1. The number of carbonyl (C=O) groups excluding carboxylic acids is 5. The normalized spacial score (nSPS) is 12.3. The number of methoxy groups -OCH3 is 1. The zero-order valence-electron chi connectivity index (χ0n) is 18.4. The number of hydrogen-bond donors (Lipinski definition) is 2. The van der Waals surface area contributed by atoms with Crippen molar-refractivity contribution in [3.05, 3.63) is 81.7 Å². The molecule has 0 fully saturated rings. The molecule has 0 spiro atoms. The summed E-state index contributed by atoms with van der Waals surface area (Å²) in [5.74, 6) is -2.86. The van der Waals surface area contributed by atoms with Gasteiger partial charge in [-0.25, -0.2) is 4.79 Å². The molecule has 0 radical (unpaired) electrons. The van der Waals surface area contributed by atoms with Crippen LogP contribution in [-0.2, 0) is 16.1 Å². The smallest absolute Gasteiger partial charge is 0.342 e. The van der Waals surface area contributed by atoms with Crippen LogP contribution < -0.4 is 15.8 Å². The lowest BCUT2D eigenvalue weighted by Gasteiger charge is -2.16. The number of imide groups is 1. The molecular formula is C24H19N3O7S. The van der Waals surface area contributed by atoms with Crippen molar-refractivity contribution in [2.75, 3.05) is 19.0 Å². The van der Waals surface area contributed by atoms with Gasteiger partial charge in [-0.15, -0.1) is 11.3 Å². The van der Waals surface area contributed by atoms with Crippen LogP contribution in [0.15, 0.2) is 53.9 Å². The van der Waals surface area contributed by atoms with Crippen LogP contribution in [0, 0.1) is 0 Å². The monoisotopic (exact) mass is 493 g/mol. The van der Waals surface area contributed by atoms with Gasteiger partial charge in [-0.1, -0.05) is 18.2 Å². The second-order valence-electron chi connectivity index (χ2n) is 7.43. The van der Waals surface area contributed by atoms with Crippen molar-refractivity contribution in [2.45, 2.75) is 6.54 Å². The molecule has 0 atom stereocenters. The zero-order valence-corrected chi connectivity index (χ0v) is 19.2. The molecule has 10 nitrogen and oxygen atoms in total. The van der Waals surface area contributed by atoms with Crippen LogP contribution in [-0.4, -0.2) is 48.2 Å². The molecule has 2 heterocycles. The van der Waals surface area contributed by atoms with E-state index >= 15 is 0 Å². The van der Waals surface area contributed by atoms with Crippen LogP contribution in [0.5, 0.6) is 5.75 Å². The number of primary amides is 1. The van der Waals surface area contributed by atoms with Gasteiger partial charge in [0.15, 0.2) is 6.61 Å². The number of anilines is 1. The van der Waals surface area contributed by atoms with Gasteiger partial charge in [-0.05, 0) is 41.3 Å². The first kappa shape index (κ1) is 23.6. The number of nitrogens with two attached hydrogens (primary N) is 1.